The molecule has 0 bridgehead atoms. The number of hydrogen-bond acceptors (Lipinski definition) is 4. The van der Waals surface area contributed by atoms with Crippen molar-refractivity contribution in [1.82, 2.24) is 5.32 Å². The Balaban J connectivity index is 1.82. The molecule has 2 atom stereocenters. The number of benzene rings is 1. The van der Waals surface area contributed by atoms with Gasteiger partial charge in [-0.2, -0.15) is 0 Å². The summed E-state index contributed by atoms with van der Waals surface area (Å²) in [5.74, 6) is -1.70. The fourth-order valence-electron chi connectivity index (χ4n) is 2.06. The maximum atomic E-state index is 11.6. The first-order chi connectivity index (χ1) is 9.66. The molecule has 2 rings (SSSR count). The highest BCUT2D eigenvalue weighted by atomic mass is 16.6. The zero-order valence-corrected chi connectivity index (χ0v) is 11.0. The van der Waals surface area contributed by atoms with E-state index in [1.807, 2.05) is 30.3 Å². The largest absolute Gasteiger partial charge is 0.481 e. The Morgan fingerprint density at radius 3 is 2.80 bits per heavy atom. The molecule has 0 aromatic heterocycles. The number of nitrogens with one attached hydrogen (secondary N) is 1. The summed E-state index contributed by atoms with van der Waals surface area (Å²) in [5, 5.41) is 11.5. The SMILES string of the molecule is O=C(NC1OCCCC1C(=O)O)OCc1ccccc1. The van der Waals surface area contributed by atoms with Crippen LogP contribution in [-0.4, -0.2) is 30.0 Å². The van der Waals surface area contributed by atoms with Crippen molar-refractivity contribution in [1.29, 1.82) is 0 Å². The number of carboxylic acid groups (broad SMARTS) is 1. The van der Waals surface area contributed by atoms with Gasteiger partial charge in [0.05, 0.1) is 0 Å². The first-order valence-electron chi connectivity index (χ1n) is 6.48. The number of carbonyl (C=O) groups excluding carboxylic acids is 1. The van der Waals surface area contributed by atoms with Crippen LogP contribution in [0.5, 0.6) is 0 Å². The van der Waals surface area contributed by atoms with E-state index in [1.165, 1.54) is 0 Å². The second kappa shape index (κ2) is 6.91. The number of ether oxygens (including phenoxy) is 2. The van der Waals surface area contributed by atoms with E-state index in [0.29, 0.717) is 19.4 Å². The maximum Gasteiger partial charge on any atom is 0.409 e. The zero-order chi connectivity index (χ0) is 14.4. The topological polar surface area (TPSA) is 84.9 Å². The molecule has 1 aromatic carbocycles. The molecule has 1 aliphatic heterocycles. The number of alkyl carbamates (subject to hydrolysis) is 1. The van der Waals surface area contributed by atoms with Crippen molar-refractivity contribution in [3.05, 3.63) is 35.9 Å². The van der Waals surface area contributed by atoms with Crippen LogP contribution in [-0.2, 0) is 20.9 Å². The molecular formula is C14H17NO5. The molecule has 0 saturated carbocycles. The summed E-state index contributed by atoms with van der Waals surface area (Å²) in [4.78, 5) is 22.7. The van der Waals surface area contributed by atoms with Gasteiger partial charge in [0.15, 0.2) is 0 Å². The van der Waals surface area contributed by atoms with Crippen LogP contribution in [0.1, 0.15) is 18.4 Å². The van der Waals surface area contributed by atoms with Crippen LogP contribution in [0.3, 0.4) is 0 Å². The monoisotopic (exact) mass is 279 g/mol. The Hall–Kier alpha value is -2.08. The summed E-state index contributed by atoms with van der Waals surface area (Å²) in [6, 6.07) is 9.24. The molecule has 108 valence electrons. The van der Waals surface area contributed by atoms with Crippen LogP contribution in [0, 0.1) is 5.92 Å². The van der Waals surface area contributed by atoms with Gasteiger partial charge in [0.25, 0.3) is 0 Å². The molecule has 1 amide bonds. The standard InChI is InChI=1S/C14H17NO5/c16-13(17)11-7-4-8-19-12(11)15-14(18)20-9-10-5-2-1-3-6-10/h1-3,5-6,11-12H,4,7-9H2,(H,15,18)(H,16,17). The van der Waals surface area contributed by atoms with E-state index in [1.54, 1.807) is 0 Å². The fourth-order valence-corrected chi connectivity index (χ4v) is 2.06. The smallest absolute Gasteiger partial charge is 0.409 e. The molecule has 1 aromatic rings. The number of carboxylic acids is 1. The molecule has 6 nitrogen and oxygen atoms in total. The van der Waals surface area contributed by atoms with E-state index < -0.39 is 24.2 Å². The van der Waals surface area contributed by atoms with Gasteiger partial charge < -0.3 is 14.6 Å². The number of amides is 1. The van der Waals surface area contributed by atoms with Crippen molar-refractivity contribution in [3.63, 3.8) is 0 Å². The Morgan fingerprint density at radius 1 is 1.35 bits per heavy atom. The summed E-state index contributed by atoms with van der Waals surface area (Å²) in [6.45, 7) is 0.574. The van der Waals surface area contributed by atoms with Crippen LogP contribution in [0.2, 0.25) is 0 Å². The highest BCUT2D eigenvalue weighted by Gasteiger charge is 2.33. The van der Waals surface area contributed by atoms with Gasteiger partial charge in [0, 0.05) is 6.61 Å². The highest BCUT2D eigenvalue weighted by molar-refractivity contribution is 5.73. The number of rotatable bonds is 4. The summed E-state index contributed by atoms with van der Waals surface area (Å²) in [5.41, 5.74) is 0.863. The quantitative estimate of drug-likeness (QED) is 0.877. The average molecular weight is 279 g/mol. The third kappa shape index (κ3) is 3.96. The Bertz CT molecular complexity index is 462. The van der Waals surface area contributed by atoms with E-state index in [4.69, 9.17) is 14.6 Å². The summed E-state index contributed by atoms with van der Waals surface area (Å²) >= 11 is 0. The summed E-state index contributed by atoms with van der Waals surface area (Å²) < 4.78 is 10.3. The summed E-state index contributed by atoms with van der Waals surface area (Å²) in [7, 11) is 0. The molecule has 6 heteroatoms. The van der Waals surface area contributed by atoms with Crippen LogP contribution in [0.15, 0.2) is 30.3 Å². The molecular weight excluding hydrogens is 262 g/mol. The molecule has 1 saturated heterocycles. The van der Waals surface area contributed by atoms with Crippen LogP contribution in [0.25, 0.3) is 0 Å². The lowest BCUT2D eigenvalue weighted by Crippen LogP contribution is -2.47. The van der Waals surface area contributed by atoms with E-state index in [0.717, 1.165) is 5.56 Å². The van der Waals surface area contributed by atoms with E-state index in [-0.39, 0.29) is 6.61 Å². The predicted octanol–water partition coefficient (Wildman–Crippen LogP) is 1.75. The van der Waals surface area contributed by atoms with Crippen molar-refractivity contribution in [3.8, 4) is 0 Å². The number of carbonyl (C=O) groups is 2. The molecule has 2 unspecified atom stereocenters. The Kier molecular flexibility index (Phi) is 4.95. The van der Waals surface area contributed by atoms with Gasteiger partial charge in [0.1, 0.15) is 18.8 Å². The zero-order valence-electron chi connectivity index (χ0n) is 11.0. The normalized spacial score (nSPS) is 22.0. The molecule has 0 spiro atoms. The van der Waals surface area contributed by atoms with E-state index in [2.05, 4.69) is 5.32 Å². The first-order valence-corrected chi connectivity index (χ1v) is 6.48. The third-order valence-electron chi connectivity index (χ3n) is 3.11. The van der Waals surface area contributed by atoms with Crippen LogP contribution >= 0.6 is 0 Å². The second-order valence-electron chi connectivity index (χ2n) is 4.58. The predicted molar refractivity (Wildman–Crippen MR) is 69.9 cm³/mol. The minimum absolute atomic E-state index is 0.136. The van der Waals surface area contributed by atoms with Gasteiger partial charge in [-0.1, -0.05) is 30.3 Å². The van der Waals surface area contributed by atoms with Gasteiger partial charge in [-0.15, -0.1) is 0 Å². The van der Waals surface area contributed by atoms with E-state index in [9.17, 15) is 9.59 Å². The maximum absolute atomic E-state index is 11.6. The lowest BCUT2D eigenvalue weighted by molar-refractivity contribution is -0.152. The third-order valence-corrected chi connectivity index (χ3v) is 3.11. The van der Waals surface area contributed by atoms with Gasteiger partial charge >= 0.3 is 12.1 Å². The lowest BCUT2D eigenvalue weighted by Gasteiger charge is -2.28. The lowest BCUT2D eigenvalue weighted by atomic mass is 9.99. The van der Waals surface area contributed by atoms with Crippen molar-refractivity contribution < 1.29 is 24.2 Å². The first kappa shape index (κ1) is 14.3. The molecule has 2 N–H and O–H groups in total. The van der Waals surface area contributed by atoms with Crippen molar-refractivity contribution >= 4 is 12.1 Å². The minimum Gasteiger partial charge on any atom is -0.481 e. The highest BCUT2D eigenvalue weighted by Crippen LogP contribution is 2.19. The molecule has 1 aliphatic rings. The second-order valence-corrected chi connectivity index (χ2v) is 4.58. The van der Waals surface area contributed by atoms with Crippen LogP contribution in [0.4, 0.5) is 4.79 Å². The average Bonchev–Trinajstić information content (AvgIpc) is 2.46. The molecule has 20 heavy (non-hydrogen) atoms. The van der Waals surface area contributed by atoms with Gasteiger partial charge in [0.2, 0.25) is 0 Å². The number of aliphatic carboxylic acids is 1. The van der Waals surface area contributed by atoms with Gasteiger partial charge in [-0.3, -0.25) is 10.1 Å². The van der Waals surface area contributed by atoms with Crippen LogP contribution < -0.4 is 5.32 Å². The van der Waals surface area contributed by atoms with E-state index >= 15 is 0 Å². The van der Waals surface area contributed by atoms with Crippen molar-refractivity contribution in [2.24, 2.45) is 5.92 Å². The Morgan fingerprint density at radius 2 is 2.10 bits per heavy atom. The minimum atomic E-state index is -0.974. The molecule has 1 fully saturated rings. The Labute approximate surface area is 116 Å². The summed E-state index contributed by atoms with van der Waals surface area (Å²) in [6.07, 6.45) is -0.343. The number of hydrogen-bond donors (Lipinski definition) is 2. The molecule has 0 aliphatic carbocycles. The fraction of sp³-hybridized carbons (Fsp3) is 0.429. The van der Waals surface area contributed by atoms with Gasteiger partial charge in [-0.25, -0.2) is 4.79 Å². The van der Waals surface area contributed by atoms with Gasteiger partial charge in [-0.05, 0) is 18.4 Å². The molecule has 1 heterocycles. The molecule has 0 radical (unpaired) electrons. The van der Waals surface area contributed by atoms with Crippen molar-refractivity contribution in [2.45, 2.75) is 25.7 Å². The van der Waals surface area contributed by atoms with Crippen molar-refractivity contribution in [2.75, 3.05) is 6.61 Å².